The van der Waals surface area contributed by atoms with Crippen molar-refractivity contribution in [3.05, 3.63) is 92.5 Å². The zero-order valence-corrected chi connectivity index (χ0v) is 23.1. The van der Waals surface area contributed by atoms with Gasteiger partial charge in [0.1, 0.15) is 12.2 Å². The van der Waals surface area contributed by atoms with E-state index < -0.39 is 46.4 Å². The summed E-state index contributed by atoms with van der Waals surface area (Å²) in [6.07, 6.45) is -4.83. The van der Waals surface area contributed by atoms with Crippen LogP contribution in [0.3, 0.4) is 0 Å². The van der Waals surface area contributed by atoms with Crippen molar-refractivity contribution in [1.29, 1.82) is 0 Å². The van der Waals surface area contributed by atoms with E-state index in [4.69, 9.17) is 25.8 Å². The Labute approximate surface area is 237 Å². The fraction of sp³-hybridized carbons (Fsp3) is 0.286. The molecule has 1 atom stereocenters. The van der Waals surface area contributed by atoms with Gasteiger partial charge in [-0.15, -0.1) is 0 Å². The molecule has 1 unspecified atom stereocenters. The number of benzene rings is 2. The summed E-state index contributed by atoms with van der Waals surface area (Å²) >= 11 is 6.25. The van der Waals surface area contributed by atoms with Crippen molar-refractivity contribution in [2.75, 3.05) is 34.4 Å². The van der Waals surface area contributed by atoms with Crippen LogP contribution in [-0.2, 0) is 30.0 Å². The molecule has 0 saturated heterocycles. The van der Waals surface area contributed by atoms with Gasteiger partial charge in [-0.1, -0.05) is 35.9 Å². The fourth-order valence-corrected chi connectivity index (χ4v) is 5.18. The Kier molecular flexibility index (Phi) is 8.16. The number of ether oxygens (including phenoxy) is 3. The minimum absolute atomic E-state index is 0.163. The molecule has 2 heterocycles. The largest absolute Gasteiger partial charge is 0.477 e. The number of imide groups is 1. The monoisotopic (exact) mass is 592 g/mol. The molecule has 2 aliphatic rings. The molecular weight excluding hydrogens is 569 g/mol. The number of alkyl halides is 3. The standard InChI is InChI=1S/C28H24ClF3N2O7/c1-14-19(26(37)39-3)20(17-10-7-11-18(22(17)29)28(30,31)32)21(27(38)40-4)25(33(14)2)41-13-12-34-23(35)15-8-5-6-9-16(15)24(34)36/h5-11,20H,12-13H2,1-4H3. The molecule has 0 aromatic heterocycles. The highest BCUT2D eigenvalue weighted by atomic mass is 35.5. The lowest BCUT2D eigenvalue weighted by molar-refractivity contribution is -0.138. The number of amides is 2. The predicted octanol–water partition coefficient (Wildman–Crippen LogP) is 4.53. The number of halogens is 4. The first kappa shape index (κ1) is 29.7. The molecule has 2 aromatic rings. The maximum atomic E-state index is 13.7. The van der Waals surface area contributed by atoms with Crippen LogP contribution in [0.2, 0.25) is 5.02 Å². The number of rotatable bonds is 7. The van der Waals surface area contributed by atoms with Crippen LogP contribution in [0, 0.1) is 0 Å². The molecular formula is C28H24ClF3N2O7. The van der Waals surface area contributed by atoms with Gasteiger partial charge in [-0.05, 0) is 30.7 Å². The number of esters is 2. The number of nitrogens with zero attached hydrogens (tertiary/aromatic N) is 2. The summed E-state index contributed by atoms with van der Waals surface area (Å²) in [4.78, 5) is 54.0. The number of hydrogen-bond acceptors (Lipinski definition) is 8. The lowest BCUT2D eigenvalue weighted by Crippen LogP contribution is -2.37. The van der Waals surface area contributed by atoms with Crippen molar-refractivity contribution in [2.45, 2.75) is 19.0 Å². The second kappa shape index (κ2) is 11.3. The summed E-state index contributed by atoms with van der Waals surface area (Å²) in [5, 5.41) is -0.726. The molecule has 0 N–H and O–H groups in total. The van der Waals surface area contributed by atoms with Gasteiger partial charge in [-0.25, -0.2) is 9.59 Å². The average molecular weight is 593 g/mol. The first-order chi connectivity index (χ1) is 19.3. The van der Waals surface area contributed by atoms with E-state index in [0.717, 1.165) is 31.3 Å². The Morgan fingerprint density at radius 1 is 0.927 bits per heavy atom. The van der Waals surface area contributed by atoms with Crippen LogP contribution in [0.25, 0.3) is 0 Å². The van der Waals surface area contributed by atoms with Crippen molar-refractivity contribution in [3.63, 3.8) is 0 Å². The third-order valence-electron chi connectivity index (χ3n) is 6.89. The van der Waals surface area contributed by atoms with Gasteiger partial charge < -0.3 is 19.1 Å². The Hall–Kier alpha value is -4.32. The first-order valence-electron chi connectivity index (χ1n) is 12.1. The smallest absolute Gasteiger partial charge is 0.417 e. The number of carbonyl (C=O) groups is 4. The number of hydrogen-bond donors (Lipinski definition) is 0. The summed E-state index contributed by atoms with van der Waals surface area (Å²) in [6.45, 7) is 0.984. The second-order valence-electron chi connectivity index (χ2n) is 9.06. The number of methoxy groups -OCH3 is 2. The molecule has 2 aromatic carbocycles. The zero-order chi connectivity index (χ0) is 30.2. The molecule has 0 saturated carbocycles. The quantitative estimate of drug-likeness (QED) is 0.341. The first-order valence-corrected chi connectivity index (χ1v) is 12.5. The van der Waals surface area contributed by atoms with Gasteiger partial charge in [0.15, 0.2) is 0 Å². The fourth-order valence-electron chi connectivity index (χ4n) is 4.83. The highest BCUT2D eigenvalue weighted by molar-refractivity contribution is 6.32. The van der Waals surface area contributed by atoms with E-state index in [1.165, 1.54) is 37.1 Å². The molecule has 4 rings (SSSR count). The SMILES string of the molecule is COC(=O)C1=C(C)N(C)C(OCCN2C(=O)c3ccccc3C2=O)=C(C(=O)OC)C1c1cccc(C(F)(F)F)c1Cl. The minimum Gasteiger partial charge on any atom is -0.477 e. The third kappa shape index (κ3) is 5.15. The molecule has 0 aliphatic carbocycles. The third-order valence-corrected chi connectivity index (χ3v) is 7.31. The Bertz CT molecular complexity index is 1480. The molecule has 0 spiro atoms. The normalized spacial score (nSPS) is 17.2. The van der Waals surface area contributed by atoms with Crippen LogP contribution < -0.4 is 0 Å². The van der Waals surface area contributed by atoms with Crippen molar-refractivity contribution >= 4 is 35.4 Å². The second-order valence-corrected chi connectivity index (χ2v) is 9.43. The highest BCUT2D eigenvalue weighted by Gasteiger charge is 2.44. The van der Waals surface area contributed by atoms with Crippen molar-refractivity contribution in [1.82, 2.24) is 9.80 Å². The van der Waals surface area contributed by atoms with Crippen LogP contribution in [-0.4, -0.2) is 68.0 Å². The summed E-state index contributed by atoms with van der Waals surface area (Å²) in [5.41, 5.74) is -1.21. The van der Waals surface area contributed by atoms with Crippen LogP contribution in [0.1, 0.15) is 44.7 Å². The van der Waals surface area contributed by atoms with Crippen LogP contribution in [0.15, 0.2) is 65.2 Å². The maximum Gasteiger partial charge on any atom is 0.417 e. The van der Waals surface area contributed by atoms with Gasteiger partial charge in [0.05, 0.1) is 54.0 Å². The van der Waals surface area contributed by atoms with Gasteiger partial charge in [0.2, 0.25) is 5.88 Å². The topological polar surface area (TPSA) is 102 Å². The molecule has 216 valence electrons. The van der Waals surface area contributed by atoms with E-state index in [1.54, 1.807) is 12.1 Å². The summed E-state index contributed by atoms with van der Waals surface area (Å²) in [6, 6.07) is 9.43. The van der Waals surface area contributed by atoms with Crippen molar-refractivity contribution in [2.24, 2.45) is 0 Å². The van der Waals surface area contributed by atoms with Crippen LogP contribution >= 0.6 is 11.6 Å². The van der Waals surface area contributed by atoms with Gasteiger partial charge in [0, 0.05) is 12.7 Å². The zero-order valence-electron chi connectivity index (χ0n) is 22.3. The molecule has 0 radical (unpaired) electrons. The van der Waals surface area contributed by atoms with E-state index in [2.05, 4.69) is 0 Å². The molecule has 2 amide bonds. The average Bonchev–Trinajstić information content (AvgIpc) is 3.18. The molecule has 13 heteroatoms. The Morgan fingerprint density at radius 2 is 1.49 bits per heavy atom. The van der Waals surface area contributed by atoms with Gasteiger partial charge in [-0.3, -0.25) is 14.5 Å². The van der Waals surface area contributed by atoms with Gasteiger partial charge in [0.25, 0.3) is 11.8 Å². The van der Waals surface area contributed by atoms with E-state index in [9.17, 15) is 32.3 Å². The lowest BCUT2D eigenvalue weighted by Gasteiger charge is -2.36. The van der Waals surface area contributed by atoms with Crippen LogP contribution in [0.5, 0.6) is 0 Å². The summed E-state index contributed by atoms with van der Waals surface area (Å²) in [5.74, 6) is -4.62. The van der Waals surface area contributed by atoms with E-state index in [0.29, 0.717) is 0 Å². The number of carbonyl (C=O) groups excluding carboxylic acids is 4. The lowest BCUT2D eigenvalue weighted by atomic mass is 9.80. The number of fused-ring (bicyclic) bond motifs is 1. The predicted molar refractivity (Wildman–Crippen MR) is 138 cm³/mol. The van der Waals surface area contributed by atoms with E-state index in [-0.39, 0.29) is 52.6 Å². The van der Waals surface area contributed by atoms with E-state index >= 15 is 0 Å². The summed E-state index contributed by atoms with van der Waals surface area (Å²) < 4.78 is 57.0. The van der Waals surface area contributed by atoms with Gasteiger partial charge in [-0.2, -0.15) is 13.2 Å². The molecule has 0 bridgehead atoms. The molecule has 0 fully saturated rings. The molecule has 2 aliphatic heterocycles. The Balaban J connectivity index is 1.79. The van der Waals surface area contributed by atoms with Crippen molar-refractivity contribution < 1.29 is 46.6 Å². The maximum absolute atomic E-state index is 13.7. The highest BCUT2D eigenvalue weighted by Crippen LogP contribution is 2.47. The molecule has 9 nitrogen and oxygen atoms in total. The van der Waals surface area contributed by atoms with Gasteiger partial charge >= 0.3 is 18.1 Å². The molecule has 41 heavy (non-hydrogen) atoms. The minimum atomic E-state index is -4.83. The number of allylic oxidation sites excluding steroid dienone is 1. The Morgan fingerprint density at radius 3 is 2.02 bits per heavy atom. The van der Waals surface area contributed by atoms with Crippen LogP contribution in [0.4, 0.5) is 13.2 Å². The summed E-state index contributed by atoms with van der Waals surface area (Å²) in [7, 11) is 3.60. The van der Waals surface area contributed by atoms with E-state index in [1.807, 2.05) is 0 Å². The van der Waals surface area contributed by atoms with Crippen molar-refractivity contribution in [3.8, 4) is 0 Å².